The Morgan fingerprint density at radius 1 is 1.38 bits per heavy atom. The van der Waals surface area contributed by atoms with E-state index in [9.17, 15) is 9.59 Å². The Kier molecular flexibility index (Phi) is 3.84. The predicted molar refractivity (Wildman–Crippen MR) is 80.9 cm³/mol. The fraction of sp³-hybridized carbons (Fsp3) is 0.250. The second-order valence-electron chi connectivity index (χ2n) is 4.94. The molecule has 1 aromatic rings. The lowest BCUT2D eigenvalue weighted by molar-refractivity contribution is -0.150. The monoisotopic (exact) mass is 301 g/mol. The summed E-state index contributed by atoms with van der Waals surface area (Å²) >= 11 is 1.40. The molecule has 0 aromatic heterocycles. The third kappa shape index (κ3) is 2.61. The third-order valence-electron chi connectivity index (χ3n) is 3.60. The molecular formula is C16H15NO3S. The van der Waals surface area contributed by atoms with Crippen molar-refractivity contribution in [3.05, 3.63) is 58.5 Å². The van der Waals surface area contributed by atoms with Crippen LogP contribution in [0.4, 0.5) is 0 Å². The summed E-state index contributed by atoms with van der Waals surface area (Å²) in [6, 6.07) is 9.62. The van der Waals surface area contributed by atoms with Gasteiger partial charge in [0.2, 0.25) is 5.91 Å². The molecule has 2 aliphatic rings. The van der Waals surface area contributed by atoms with E-state index >= 15 is 0 Å². The Bertz CT molecular complexity index is 624. The Balaban J connectivity index is 1.73. The summed E-state index contributed by atoms with van der Waals surface area (Å²) in [4.78, 5) is 26.5. The number of hydrogen-bond donors (Lipinski definition) is 0. The first-order chi connectivity index (χ1) is 10.2. The Morgan fingerprint density at radius 2 is 2.14 bits per heavy atom. The molecule has 0 bridgehead atoms. The van der Waals surface area contributed by atoms with E-state index in [0.29, 0.717) is 12.1 Å². The molecule has 3 rings (SSSR count). The number of rotatable bonds is 5. The van der Waals surface area contributed by atoms with E-state index < -0.39 is 5.97 Å². The average molecular weight is 301 g/mol. The second kappa shape index (κ2) is 5.77. The predicted octanol–water partition coefficient (Wildman–Crippen LogP) is 2.82. The van der Waals surface area contributed by atoms with Crippen LogP contribution in [0.1, 0.15) is 18.4 Å². The largest absolute Gasteiger partial charge is 0.456 e. The number of thioether (sulfide) groups is 1. The number of amides is 1. The van der Waals surface area contributed by atoms with Gasteiger partial charge in [-0.1, -0.05) is 36.9 Å². The van der Waals surface area contributed by atoms with Gasteiger partial charge in [0.15, 0.2) is 0 Å². The molecular weight excluding hydrogens is 286 g/mol. The van der Waals surface area contributed by atoms with E-state index in [4.69, 9.17) is 4.74 Å². The van der Waals surface area contributed by atoms with Crippen LogP contribution >= 0.6 is 11.8 Å². The van der Waals surface area contributed by atoms with Gasteiger partial charge >= 0.3 is 5.97 Å². The van der Waals surface area contributed by atoms with Crippen molar-refractivity contribution in [3.63, 3.8) is 0 Å². The maximum atomic E-state index is 12.3. The van der Waals surface area contributed by atoms with Gasteiger partial charge in [-0.2, -0.15) is 0 Å². The molecule has 1 atom stereocenters. The highest BCUT2D eigenvalue weighted by atomic mass is 32.2. The van der Waals surface area contributed by atoms with Gasteiger partial charge in [0, 0.05) is 17.7 Å². The highest BCUT2D eigenvalue weighted by Gasteiger charge is 2.47. The average Bonchev–Trinajstić information content (AvgIpc) is 2.79. The van der Waals surface area contributed by atoms with Crippen molar-refractivity contribution in [1.29, 1.82) is 0 Å². The summed E-state index contributed by atoms with van der Waals surface area (Å²) in [5, 5.41) is 1.68. The molecule has 1 aromatic carbocycles. The molecule has 0 saturated carbocycles. The summed E-state index contributed by atoms with van der Waals surface area (Å²) in [6.07, 6.45) is 1.23. The zero-order valence-corrected chi connectivity index (χ0v) is 12.3. The van der Waals surface area contributed by atoms with E-state index in [1.54, 1.807) is 10.3 Å². The van der Waals surface area contributed by atoms with Crippen LogP contribution in [-0.4, -0.2) is 22.8 Å². The van der Waals surface area contributed by atoms with Crippen molar-refractivity contribution in [2.75, 3.05) is 0 Å². The number of benzene rings is 1. The van der Waals surface area contributed by atoms with Crippen LogP contribution < -0.4 is 0 Å². The van der Waals surface area contributed by atoms with E-state index in [2.05, 4.69) is 6.58 Å². The van der Waals surface area contributed by atoms with Gasteiger partial charge < -0.3 is 9.64 Å². The van der Waals surface area contributed by atoms with Crippen molar-refractivity contribution in [2.45, 2.75) is 25.5 Å². The zero-order valence-electron chi connectivity index (χ0n) is 11.5. The maximum absolute atomic E-state index is 12.3. The van der Waals surface area contributed by atoms with Crippen LogP contribution in [0.15, 0.2) is 52.9 Å². The molecule has 0 N–H and O–H groups in total. The number of carbonyl (C=O) groups excluding carboxylic acids is 2. The lowest BCUT2D eigenvalue weighted by Crippen LogP contribution is -2.49. The van der Waals surface area contributed by atoms with E-state index in [1.165, 1.54) is 11.8 Å². The van der Waals surface area contributed by atoms with Crippen LogP contribution in [0.2, 0.25) is 0 Å². The molecule has 4 nitrogen and oxygen atoms in total. The molecule has 1 saturated heterocycles. The van der Waals surface area contributed by atoms with Gasteiger partial charge in [0.25, 0.3) is 0 Å². The SMILES string of the molecule is C=CSC1=C(C(=O)OCc2ccccc2)N2C(=O)CC2C1. The lowest BCUT2D eigenvalue weighted by Gasteiger charge is -2.35. The number of fused-ring (bicyclic) bond motifs is 1. The summed E-state index contributed by atoms with van der Waals surface area (Å²) in [5.41, 5.74) is 1.32. The molecule has 21 heavy (non-hydrogen) atoms. The van der Waals surface area contributed by atoms with Gasteiger partial charge in [-0.25, -0.2) is 4.79 Å². The number of esters is 1. The Morgan fingerprint density at radius 3 is 2.81 bits per heavy atom. The standard InChI is InChI=1S/C16H15NO3S/c1-2-21-13-8-12-9-14(18)17(12)15(13)16(19)20-10-11-6-4-3-5-7-11/h2-7,12H,1,8-10H2. The van der Waals surface area contributed by atoms with Crippen LogP contribution in [0.3, 0.4) is 0 Å². The molecule has 108 valence electrons. The highest BCUT2D eigenvalue weighted by molar-refractivity contribution is 8.05. The minimum atomic E-state index is -0.432. The normalized spacial score (nSPS) is 20.1. The minimum absolute atomic E-state index is 0.00803. The molecule has 0 aliphatic carbocycles. The first kappa shape index (κ1) is 13.9. The van der Waals surface area contributed by atoms with E-state index in [1.807, 2.05) is 30.3 Å². The molecule has 2 aliphatic heterocycles. The maximum Gasteiger partial charge on any atom is 0.356 e. The van der Waals surface area contributed by atoms with Crippen LogP contribution in [0.5, 0.6) is 0 Å². The molecule has 5 heteroatoms. The number of ether oxygens (including phenoxy) is 1. The van der Waals surface area contributed by atoms with Crippen LogP contribution in [0.25, 0.3) is 0 Å². The van der Waals surface area contributed by atoms with Gasteiger partial charge in [0.1, 0.15) is 12.3 Å². The quantitative estimate of drug-likeness (QED) is 0.620. The summed E-state index contributed by atoms with van der Waals surface area (Å²) in [6.45, 7) is 3.88. The van der Waals surface area contributed by atoms with Gasteiger partial charge in [-0.3, -0.25) is 4.79 Å². The van der Waals surface area contributed by atoms with Crippen molar-refractivity contribution in [2.24, 2.45) is 0 Å². The van der Waals surface area contributed by atoms with Crippen LogP contribution in [-0.2, 0) is 20.9 Å². The number of β-lactam (4-membered cyclic amide) rings is 1. The Labute approximate surface area is 127 Å². The minimum Gasteiger partial charge on any atom is -0.456 e. The summed E-state index contributed by atoms with van der Waals surface area (Å²) in [7, 11) is 0. The van der Waals surface area contributed by atoms with Crippen LogP contribution in [0, 0.1) is 0 Å². The van der Waals surface area contributed by atoms with Crippen molar-refractivity contribution >= 4 is 23.6 Å². The number of hydrogen-bond acceptors (Lipinski definition) is 4. The van der Waals surface area contributed by atoms with Gasteiger partial charge in [0.05, 0.1) is 6.04 Å². The number of nitrogens with zero attached hydrogens (tertiary/aromatic N) is 1. The third-order valence-corrected chi connectivity index (χ3v) is 4.41. The van der Waals surface area contributed by atoms with Crippen molar-refractivity contribution in [3.8, 4) is 0 Å². The fourth-order valence-corrected chi connectivity index (χ4v) is 3.39. The van der Waals surface area contributed by atoms with Gasteiger partial charge in [-0.05, 0) is 11.0 Å². The van der Waals surface area contributed by atoms with Crippen molar-refractivity contribution < 1.29 is 14.3 Å². The molecule has 0 spiro atoms. The molecule has 0 radical (unpaired) electrons. The Hall–Kier alpha value is -2.01. The molecule has 1 unspecified atom stereocenters. The second-order valence-corrected chi connectivity index (χ2v) is 6.01. The molecule has 1 amide bonds. The highest BCUT2D eigenvalue weighted by Crippen LogP contribution is 2.43. The summed E-state index contributed by atoms with van der Waals surface area (Å²) in [5.74, 6) is -0.440. The lowest BCUT2D eigenvalue weighted by atomic mass is 10.0. The van der Waals surface area contributed by atoms with Gasteiger partial charge in [-0.15, -0.1) is 11.8 Å². The van der Waals surface area contributed by atoms with E-state index in [0.717, 1.165) is 16.9 Å². The first-order valence-corrected chi connectivity index (χ1v) is 7.62. The fourth-order valence-electron chi connectivity index (χ4n) is 2.61. The van der Waals surface area contributed by atoms with Crippen molar-refractivity contribution in [1.82, 2.24) is 4.90 Å². The van der Waals surface area contributed by atoms with E-state index in [-0.39, 0.29) is 18.6 Å². The smallest absolute Gasteiger partial charge is 0.356 e. The number of carbonyl (C=O) groups is 2. The molecule has 1 fully saturated rings. The zero-order chi connectivity index (χ0) is 14.8. The first-order valence-electron chi connectivity index (χ1n) is 6.74. The molecule has 2 heterocycles. The topological polar surface area (TPSA) is 46.6 Å². The summed E-state index contributed by atoms with van der Waals surface area (Å²) < 4.78 is 5.35.